The number of anilines is 1. The van der Waals surface area contributed by atoms with Gasteiger partial charge in [0.2, 0.25) is 5.13 Å². The third-order valence-electron chi connectivity index (χ3n) is 3.84. The summed E-state index contributed by atoms with van der Waals surface area (Å²) in [6.45, 7) is 1.61. The molecule has 4 rings (SSSR count). The van der Waals surface area contributed by atoms with Gasteiger partial charge in [-0.05, 0) is 12.8 Å². The van der Waals surface area contributed by atoms with Crippen molar-refractivity contribution in [1.29, 1.82) is 0 Å². The molecule has 20 heavy (non-hydrogen) atoms. The second-order valence-corrected chi connectivity index (χ2v) is 6.36. The molecule has 0 bridgehead atoms. The van der Waals surface area contributed by atoms with Gasteiger partial charge >= 0.3 is 12.1 Å². The fraction of sp³-hybridized carbons (Fsp3) is 0.636. The Labute approximate surface area is 119 Å². The van der Waals surface area contributed by atoms with Gasteiger partial charge in [0.25, 0.3) is 0 Å². The Balaban J connectivity index is 1.33. The zero-order valence-corrected chi connectivity index (χ0v) is 11.5. The lowest BCUT2D eigenvalue weighted by atomic mass is 9.91. The van der Waals surface area contributed by atoms with Crippen molar-refractivity contribution in [2.75, 3.05) is 25.0 Å². The second kappa shape index (κ2) is 4.05. The van der Waals surface area contributed by atoms with Crippen molar-refractivity contribution in [3.8, 4) is 0 Å². The number of carbonyl (C=O) groups is 2. The van der Waals surface area contributed by atoms with Crippen LogP contribution >= 0.6 is 11.5 Å². The van der Waals surface area contributed by atoms with E-state index in [4.69, 9.17) is 0 Å². The third kappa shape index (κ3) is 1.98. The lowest BCUT2D eigenvalue weighted by molar-refractivity contribution is 0.100. The number of aromatic nitrogens is 2. The SMILES string of the molecule is O=C1NCC2(CN(C(=O)Nc3nc(C4CC4)ns3)C2)N1. The second-order valence-electron chi connectivity index (χ2n) is 5.61. The van der Waals surface area contributed by atoms with E-state index in [2.05, 4.69) is 25.3 Å². The normalized spacial score (nSPS) is 23.2. The van der Waals surface area contributed by atoms with Gasteiger partial charge in [0.15, 0.2) is 0 Å². The molecular formula is C11H14N6O2S. The maximum Gasteiger partial charge on any atom is 0.323 e. The van der Waals surface area contributed by atoms with Crippen LogP contribution in [0.1, 0.15) is 24.6 Å². The maximum atomic E-state index is 12.0. The minimum Gasteiger partial charge on any atom is -0.336 e. The van der Waals surface area contributed by atoms with E-state index in [0.29, 0.717) is 30.7 Å². The zero-order valence-electron chi connectivity index (χ0n) is 10.7. The van der Waals surface area contributed by atoms with Gasteiger partial charge in [0.1, 0.15) is 5.82 Å². The van der Waals surface area contributed by atoms with Crippen LogP contribution in [0.3, 0.4) is 0 Å². The predicted octanol–water partition coefficient (Wildman–Crippen LogP) is 0.315. The highest BCUT2D eigenvalue weighted by molar-refractivity contribution is 7.09. The Bertz CT molecular complexity index is 577. The fourth-order valence-electron chi connectivity index (χ4n) is 2.56. The molecule has 3 heterocycles. The van der Waals surface area contributed by atoms with Gasteiger partial charge in [-0.1, -0.05) is 0 Å². The summed E-state index contributed by atoms with van der Waals surface area (Å²) in [6.07, 6.45) is 2.29. The Morgan fingerprint density at radius 3 is 2.90 bits per heavy atom. The summed E-state index contributed by atoms with van der Waals surface area (Å²) in [6, 6.07) is -0.349. The largest absolute Gasteiger partial charge is 0.336 e. The molecule has 0 aromatic carbocycles. The first-order valence-corrected chi connectivity index (χ1v) is 7.36. The Morgan fingerprint density at radius 2 is 2.25 bits per heavy atom. The van der Waals surface area contributed by atoms with Crippen LogP contribution in [-0.2, 0) is 0 Å². The average molecular weight is 294 g/mol. The molecule has 8 nitrogen and oxygen atoms in total. The van der Waals surface area contributed by atoms with E-state index in [1.807, 2.05) is 0 Å². The van der Waals surface area contributed by atoms with Crippen molar-refractivity contribution in [3.63, 3.8) is 0 Å². The highest BCUT2D eigenvalue weighted by Crippen LogP contribution is 2.39. The molecule has 106 valence electrons. The number of nitrogens with zero attached hydrogens (tertiary/aromatic N) is 3. The van der Waals surface area contributed by atoms with Crippen molar-refractivity contribution in [2.45, 2.75) is 24.3 Å². The standard InChI is InChI=1S/C11H14N6O2S/c18-8-12-3-11(15-8)4-17(5-11)10(19)14-9-13-7(16-20-9)6-1-2-6/h6H,1-5H2,(H2,12,15,18)(H,13,14,16,19). The molecular weight excluding hydrogens is 280 g/mol. The molecule has 2 saturated heterocycles. The lowest BCUT2D eigenvalue weighted by Gasteiger charge is -2.46. The predicted molar refractivity (Wildman–Crippen MR) is 71.7 cm³/mol. The van der Waals surface area contributed by atoms with Gasteiger partial charge < -0.3 is 15.5 Å². The minimum absolute atomic E-state index is 0.164. The summed E-state index contributed by atoms with van der Waals surface area (Å²) >= 11 is 1.22. The number of likely N-dealkylation sites (tertiary alicyclic amines) is 1. The van der Waals surface area contributed by atoms with Gasteiger partial charge in [-0.2, -0.15) is 4.37 Å². The van der Waals surface area contributed by atoms with Gasteiger partial charge in [-0.25, -0.2) is 14.6 Å². The number of urea groups is 2. The zero-order chi connectivity index (χ0) is 13.7. The van der Waals surface area contributed by atoms with Gasteiger partial charge in [-0.3, -0.25) is 5.32 Å². The van der Waals surface area contributed by atoms with Crippen molar-refractivity contribution in [3.05, 3.63) is 5.82 Å². The first-order chi connectivity index (χ1) is 9.63. The van der Waals surface area contributed by atoms with Crippen molar-refractivity contribution in [1.82, 2.24) is 24.9 Å². The first kappa shape index (κ1) is 11.9. The van der Waals surface area contributed by atoms with Crippen LogP contribution in [0, 0.1) is 0 Å². The number of hydrogen-bond donors (Lipinski definition) is 3. The minimum atomic E-state index is -0.283. The molecule has 1 aliphatic carbocycles. The monoisotopic (exact) mass is 294 g/mol. The van der Waals surface area contributed by atoms with E-state index in [1.54, 1.807) is 4.90 Å². The molecule has 1 aromatic rings. The van der Waals surface area contributed by atoms with Crippen LogP contribution in [0.25, 0.3) is 0 Å². The van der Waals surface area contributed by atoms with Crippen LogP contribution in [0.2, 0.25) is 0 Å². The average Bonchev–Trinajstić information content (AvgIpc) is 3.00. The summed E-state index contributed by atoms with van der Waals surface area (Å²) in [7, 11) is 0. The van der Waals surface area contributed by atoms with Gasteiger partial charge in [0.05, 0.1) is 5.54 Å². The summed E-state index contributed by atoms with van der Waals surface area (Å²) in [5, 5.41) is 8.87. The van der Waals surface area contributed by atoms with E-state index in [0.717, 1.165) is 18.7 Å². The summed E-state index contributed by atoms with van der Waals surface area (Å²) < 4.78 is 4.25. The molecule has 1 aromatic heterocycles. The number of nitrogens with one attached hydrogen (secondary N) is 3. The van der Waals surface area contributed by atoms with Crippen LogP contribution in [0.15, 0.2) is 0 Å². The molecule has 4 amide bonds. The molecule has 3 fully saturated rings. The molecule has 1 spiro atoms. The summed E-state index contributed by atoms with van der Waals surface area (Å²) in [5.41, 5.74) is -0.283. The van der Waals surface area contributed by atoms with Crippen molar-refractivity contribution < 1.29 is 9.59 Å². The van der Waals surface area contributed by atoms with E-state index < -0.39 is 0 Å². The number of amides is 4. The highest BCUT2D eigenvalue weighted by Gasteiger charge is 2.49. The summed E-state index contributed by atoms with van der Waals surface area (Å²) in [4.78, 5) is 29.1. The molecule has 0 atom stereocenters. The number of hydrogen-bond acceptors (Lipinski definition) is 5. The first-order valence-electron chi connectivity index (χ1n) is 6.59. The van der Waals surface area contributed by atoms with Crippen molar-refractivity contribution >= 4 is 28.7 Å². The molecule has 1 saturated carbocycles. The quantitative estimate of drug-likeness (QED) is 0.731. The lowest BCUT2D eigenvalue weighted by Crippen LogP contribution is -2.70. The van der Waals surface area contributed by atoms with E-state index >= 15 is 0 Å². The topological polar surface area (TPSA) is 99.3 Å². The maximum absolute atomic E-state index is 12.0. The molecule has 0 radical (unpaired) electrons. The fourth-order valence-corrected chi connectivity index (χ4v) is 3.20. The molecule has 3 N–H and O–H groups in total. The molecule has 2 aliphatic heterocycles. The van der Waals surface area contributed by atoms with Crippen LogP contribution in [-0.4, -0.2) is 51.5 Å². The van der Waals surface area contributed by atoms with Crippen LogP contribution in [0.5, 0.6) is 0 Å². The third-order valence-corrected chi connectivity index (χ3v) is 4.48. The Morgan fingerprint density at radius 1 is 1.45 bits per heavy atom. The number of rotatable bonds is 2. The smallest absolute Gasteiger partial charge is 0.323 e. The highest BCUT2D eigenvalue weighted by atomic mass is 32.1. The molecule has 3 aliphatic rings. The van der Waals surface area contributed by atoms with Crippen molar-refractivity contribution in [2.24, 2.45) is 0 Å². The number of carbonyl (C=O) groups excluding carboxylic acids is 2. The van der Waals surface area contributed by atoms with E-state index in [1.165, 1.54) is 11.5 Å². The van der Waals surface area contributed by atoms with Crippen LogP contribution < -0.4 is 16.0 Å². The van der Waals surface area contributed by atoms with E-state index in [9.17, 15) is 9.59 Å². The Hall–Kier alpha value is -1.90. The summed E-state index contributed by atoms with van der Waals surface area (Å²) in [5.74, 6) is 1.33. The van der Waals surface area contributed by atoms with Crippen LogP contribution in [0.4, 0.5) is 14.7 Å². The van der Waals surface area contributed by atoms with Gasteiger partial charge in [-0.15, -0.1) is 0 Å². The van der Waals surface area contributed by atoms with Gasteiger partial charge in [0, 0.05) is 37.1 Å². The molecule has 9 heteroatoms. The Kier molecular flexibility index (Phi) is 2.40. The molecule has 0 unspecified atom stereocenters. The van der Waals surface area contributed by atoms with E-state index in [-0.39, 0.29) is 17.6 Å².